The van der Waals surface area contributed by atoms with Gasteiger partial charge in [-0.1, -0.05) is 42.1 Å². The van der Waals surface area contributed by atoms with Gasteiger partial charge in [-0.05, 0) is 42.4 Å². The molecule has 0 spiro atoms. The van der Waals surface area contributed by atoms with Crippen LogP contribution in [0.3, 0.4) is 0 Å². The van der Waals surface area contributed by atoms with Gasteiger partial charge in [0.25, 0.3) is 0 Å². The zero-order valence-corrected chi connectivity index (χ0v) is 12.1. The van der Waals surface area contributed by atoms with Crippen molar-refractivity contribution in [2.24, 2.45) is 5.73 Å². The molecule has 1 heterocycles. The van der Waals surface area contributed by atoms with Gasteiger partial charge >= 0.3 is 0 Å². The lowest BCUT2D eigenvalue weighted by Crippen LogP contribution is -2.14. The first-order valence-corrected chi connectivity index (χ1v) is 6.93. The van der Waals surface area contributed by atoms with Gasteiger partial charge in [0.1, 0.15) is 0 Å². The van der Waals surface area contributed by atoms with Crippen molar-refractivity contribution in [2.75, 3.05) is 0 Å². The van der Waals surface area contributed by atoms with E-state index < -0.39 is 0 Å². The molecule has 0 bridgehead atoms. The number of rotatable bonds is 3. The van der Waals surface area contributed by atoms with Crippen LogP contribution in [0.25, 0.3) is 0 Å². The van der Waals surface area contributed by atoms with Gasteiger partial charge in [0.2, 0.25) is 0 Å². The maximum atomic E-state index is 6.40. The Kier molecular flexibility index (Phi) is 3.78. The zero-order chi connectivity index (χ0) is 13.3. The van der Waals surface area contributed by atoms with Crippen LogP contribution < -0.4 is 5.73 Å². The molecule has 1 atom stereocenters. The summed E-state index contributed by atoms with van der Waals surface area (Å²) in [5, 5.41) is 4.20. The van der Waals surface area contributed by atoms with E-state index in [9.17, 15) is 0 Å². The molecule has 4 heteroatoms. The molecule has 1 unspecified atom stereocenters. The third-order valence-electron chi connectivity index (χ3n) is 3.14. The number of aryl methyl sites for hydroxylation is 2. The molecular weight excluding hydrogens is 242 g/mol. The lowest BCUT2D eigenvalue weighted by Gasteiger charge is -2.15. The number of benzene rings is 1. The highest BCUT2D eigenvalue weighted by Gasteiger charge is 2.20. The minimum absolute atomic E-state index is 0.123. The first kappa shape index (κ1) is 13.2. The van der Waals surface area contributed by atoms with Gasteiger partial charge in [0.15, 0.2) is 0 Å². The van der Waals surface area contributed by atoms with Crippen LogP contribution in [0, 0.1) is 13.8 Å². The molecule has 0 radical (unpaired) electrons. The second-order valence-corrected chi connectivity index (χ2v) is 5.80. The van der Waals surface area contributed by atoms with E-state index in [0.29, 0.717) is 5.92 Å². The van der Waals surface area contributed by atoms with Gasteiger partial charge in [0.05, 0.1) is 16.6 Å². The summed E-state index contributed by atoms with van der Waals surface area (Å²) >= 11 is 1.41. The number of hydrogen-bond acceptors (Lipinski definition) is 4. The summed E-state index contributed by atoms with van der Waals surface area (Å²) in [4.78, 5) is 1.08. The van der Waals surface area contributed by atoms with E-state index >= 15 is 0 Å². The Balaban J connectivity index is 2.44. The Labute approximate surface area is 112 Å². The molecule has 0 fully saturated rings. The topological polar surface area (TPSA) is 51.8 Å². The fraction of sp³-hybridized carbons (Fsp3) is 0.429. The van der Waals surface area contributed by atoms with Crippen molar-refractivity contribution in [2.45, 2.75) is 39.7 Å². The molecule has 1 aromatic heterocycles. The Morgan fingerprint density at radius 1 is 1.22 bits per heavy atom. The smallest absolute Gasteiger partial charge is 0.0832 e. The highest BCUT2D eigenvalue weighted by Crippen LogP contribution is 2.30. The number of nitrogens with zero attached hydrogens (tertiary/aromatic N) is 2. The maximum Gasteiger partial charge on any atom is 0.0832 e. The third kappa shape index (κ3) is 2.44. The average molecular weight is 261 g/mol. The van der Waals surface area contributed by atoms with Crippen LogP contribution in [0.5, 0.6) is 0 Å². The van der Waals surface area contributed by atoms with E-state index in [4.69, 9.17) is 5.73 Å². The van der Waals surface area contributed by atoms with Gasteiger partial charge in [-0.2, -0.15) is 0 Å². The third-order valence-corrected chi connectivity index (χ3v) is 3.96. The zero-order valence-electron chi connectivity index (χ0n) is 11.3. The van der Waals surface area contributed by atoms with Crippen LogP contribution >= 0.6 is 11.5 Å². The molecule has 0 aliphatic carbocycles. The highest BCUT2D eigenvalue weighted by molar-refractivity contribution is 7.05. The van der Waals surface area contributed by atoms with Crippen LogP contribution in [-0.4, -0.2) is 9.59 Å². The second-order valence-electron chi connectivity index (χ2n) is 5.01. The molecule has 2 N–H and O–H groups in total. The predicted octanol–water partition coefficient (Wildman–Crippen LogP) is 3.33. The summed E-state index contributed by atoms with van der Waals surface area (Å²) in [7, 11) is 0. The highest BCUT2D eigenvalue weighted by atomic mass is 32.1. The standard InChI is InChI=1S/C14H19N3S/c1-8(2)13-14(18-17-16-13)12(15)11-7-9(3)5-6-10(11)4/h5-8,12H,15H2,1-4H3. The molecule has 0 saturated heterocycles. The first-order valence-electron chi connectivity index (χ1n) is 6.15. The van der Waals surface area contributed by atoms with E-state index in [1.165, 1.54) is 28.2 Å². The summed E-state index contributed by atoms with van der Waals surface area (Å²) in [6, 6.07) is 6.26. The Hall–Kier alpha value is -1.26. The lowest BCUT2D eigenvalue weighted by atomic mass is 9.96. The van der Waals surface area contributed by atoms with Crippen LogP contribution in [0.1, 0.15) is 53.1 Å². The Morgan fingerprint density at radius 3 is 2.61 bits per heavy atom. The van der Waals surface area contributed by atoms with E-state index in [1.54, 1.807) is 0 Å². The summed E-state index contributed by atoms with van der Waals surface area (Å²) in [6.07, 6.45) is 0. The van der Waals surface area contributed by atoms with Crippen LogP contribution in [0.15, 0.2) is 18.2 Å². The molecular formula is C14H19N3S. The minimum atomic E-state index is -0.123. The summed E-state index contributed by atoms with van der Waals surface area (Å²) < 4.78 is 4.05. The van der Waals surface area contributed by atoms with Crippen LogP contribution in [-0.2, 0) is 0 Å². The normalized spacial score (nSPS) is 13.0. The summed E-state index contributed by atoms with van der Waals surface area (Å²) in [6.45, 7) is 8.42. The molecule has 2 rings (SSSR count). The molecule has 0 aliphatic heterocycles. The van der Waals surface area contributed by atoms with Crippen molar-refractivity contribution < 1.29 is 0 Å². The largest absolute Gasteiger partial charge is 0.319 e. The molecule has 2 aromatic rings. The predicted molar refractivity (Wildman–Crippen MR) is 75.9 cm³/mol. The van der Waals surface area contributed by atoms with Crippen molar-refractivity contribution >= 4 is 11.5 Å². The van der Waals surface area contributed by atoms with Crippen molar-refractivity contribution in [1.29, 1.82) is 0 Å². The number of nitrogens with two attached hydrogens (primary N) is 1. The fourth-order valence-electron chi connectivity index (χ4n) is 2.06. The van der Waals surface area contributed by atoms with Gasteiger partial charge in [-0.15, -0.1) is 5.10 Å². The quantitative estimate of drug-likeness (QED) is 0.922. The molecule has 3 nitrogen and oxygen atoms in total. The van der Waals surface area contributed by atoms with Crippen molar-refractivity contribution in [3.05, 3.63) is 45.5 Å². The monoisotopic (exact) mass is 261 g/mol. The van der Waals surface area contributed by atoms with Crippen LogP contribution in [0.4, 0.5) is 0 Å². The maximum absolute atomic E-state index is 6.40. The first-order chi connectivity index (χ1) is 8.50. The SMILES string of the molecule is Cc1ccc(C)c(C(N)c2snnc2C(C)C)c1. The Morgan fingerprint density at radius 2 is 1.94 bits per heavy atom. The van der Waals surface area contributed by atoms with Gasteiger partial charge < -0.3 is 5.73 Å². The second kappa shape index (κ2) is 5.16. The van der Waals surface area contributed by atoms with E-state index in [1.807, 2.05) is 0 Å². The lowest BCUT2D eigenvalue weighted by molar-refractivity contribution is 0.768. The molecule has 18 heavy (non-hydrogen) atoms. The van der Waals surface area contributed by atoms with Gasteiger partial charge in [0, 0.05) is 0 Å². The molecule has 1 aromatic carbocycles. The number of hydrogen-bond donors (Lipinski definition) is 1. The van der Waals surface area contributed by atoms with Crippen molar-refractivity contribution in [3.8, 4) is 0 Å². The average Bonchev–Trinajstić information content (AvgIpc) is 2.80. The minimum Gasteiger partial charge on any atom is -0.319 e. The fourth-order valence-corrected chi connectivity index (χ4v) is 2.88. The number of aromatic nitrogens is 2. The molecule has 0 aliphatic rings. The van der Waals surface area contributed by atoms with E-state index in [0.717, 1.165) is 10.6 Å². The molecule has 96 valence electrons. The van der Waals surface area contributed by atoms with Crippen LogP contribution in [0.2, 0.25) is 0 Å². The van der Waals surface area contributed by atoms with Gasteiger partial charge in [-0.3, -0.25) is 0 Å². The van der Waals surface area contributed by atoms with Gasteiger partial charge in [-0.25, -0.2) is 0 Å². The molecule has 0 saturated carbocycles. The van der Waals surface area contributed by atoms with E-state index in [-0.39, 0.29) is 6.04 Å². The summed E-state index contributed by atoms with van der Waals surface area (Å²) in [5.41, 5.74) is 11.0. The Bertz CT molecular complexity index is 546. The molecule has 0 amide bonds. The van der Waals surface area contributed by atoms with Crippen molar-refractivity contribution in [1.82, 2.24) is 9.59 Å². The van der Waals surface area contributed by atoms with Crippen molar-refractivity contribution in [3.63, 3.8) is 0 Å². The van der Waals surface area contributed by atoms with E-state index in [2.05, 4.69) is 55.5 Å². The summed E-state index contributed by atoms with van der Waals surface area (Å²) in [5.74, 6) is 0.356.